The first-order valence-electron chi connectivity index (χ1n) is 9.75. The number of benzene rings is 3. The molecule has 1 saturated heterocycles. The molecule has 1 fully saturated rings. The first-order valence-corrected chi connectivity index (χ1v) is 9.75. The van der Waals surface area contributed by atoms with Crippen molar-refractivity contribution in [3.05, 3.63) is 71.8 Å². The maximum absolute atomic E-state index is 12.9. The lowest BCUT2D eigenvalue weighted by atomic mass is 9.95. The van der Waals surface area contributed by atoms with E-state index in [9.17, 15) is 14.7 Å². The van der Waals surface area contributed by atoms with E-state index in [0.717, 1.165) is 34.7 Å². The van der Waals surface area contributed by atoms with E-state index in [1.165, 1.54) is 7.11 Å². The normalized spacial score (nSPS) is 16.6. The molecule has 0 radical (unpaired) electrons. The number of aliphatic hydroxyl groups is 1. The molecule has 4 rings (SSSR count). The first-order chi connectivity index (χ1) is 14.1. The second-order valence-corrected chi connectivity index (χ2v) is 7.36. The van der Waals surface area contributed by atoms with E-state index in [1.54, 1.807) is 11.0 Å². The molecule has 0 aromatic heterocycles. The number of fused-ring (bicyclic) bond motifs is 1. The van der Waals surface area contributed by atoms with Crippen molar-refractivity contribution in [3.63, 3.8) is 0 Å². The summed E-state index contributed by atoms with van der Waals surface area (Å²) in [4.78, 5) is 26.5. The van der Waals surface area contributed by atoms with Crippen LogP contribution in [0.2, 0.25) is 0 Å². The van der Waals surface area contributed by atoms with Crippen molar-refractivity contribution in [1.29, 1.82) is 0 Å². The Morgan fingerprint density at radius 2 is 1.86 bits per heavy atom. The summed E-state index contributed by atoms with van der Waals surface area (Å²) >= 11 is 0. The van der Waals surface area contributed by atoms with Gasteiger partial charge in [-0.05, 0) is 59.0 Å². The summed E-state index contributed by atoms with van der Waals surface area (Å²) in [5, 5.41) is 11.8. The number of nitrogens with zero attached hydrogens (tertiary/aromatic N) is 1. The fourth-order valence-corrected chi connectivity index (χ4v) is 3.92. The van der Waals surface area contributed by atoms with Gasteiger partial charge in [0.05, 0.1) is 18.8 Å². The van der Waals surface area contributed by atoms with Crippen LogP contribution in [0.25, 0.3) is 21.9 Å². The van der Waals surface area contributed by atoms with E-state index in [2.05, 4.69) is 0 Å². The van der Waals surface area contributed by atoms with Crippen LogP contribution in [0.15, 0.2) is 60.7 Å². The van der Waals surface area contributed by atoms with E-state index >= 15 is 0 Å². The van der Waals surface area contributed by atoms with Crippen LogP contribution in [0.3, 0.4) is 0 Å². The maximum atomic E-state index is 12.9. The molecular formula is C24H23NO4. The molecule has 1 amide bonds. The van der Waals surface area contributed by atoms with Crippen molar-refractivity contribution in [2.45, 2.75) is 18.9 Å². The number of carbonyl (C=O) groups excluding carboxylic acids is 2. The molecule has 1 aliphatic rings. The van der Waals surface area contributed by atoms with Crippen LogP contribution in [-0.2, 0) is 4.74 Å². The molecule has 5 heteroatoms. The molecule has 3 aromatic rings. The third-order valence-corrected chi connectivity index (χ3v) is 5.41. The highest BCUT2D eigenvalue weighted by molar-refractivity contribution is 6.03. The lowest BCUT2D eigenvalue weighted by Gasteiger charge is -2.30. The average Bonchev–Trinajstić information content (AvgIpc) is 2.77. The molecule has 0 aliphatic carbocycles. The Kier molecular flexibility index (Phi) is 5.32. The molecule has 1 N–H and O–H groups in total. The monoisotopic (exact) mass is 389 g/mol. The van der Waals surface area contributed by atoms with Crippen LogP contribution < -0.4 is 0 Å². The molecule has 5 nitrogen and oxygen atoms in total. The standard InChI is InChI=1S/C24H23NO4/c1-29-24(28)19-7-2-5-17(14-19)21-9-3-6-16-13-18(10-11-22(16)21)23(27)25-12-4-8-20(26)15-25/h2-3,5-7,9-11,13-14,20,26H,4,8,12,15H2,1H3. The number of esters is 1. The minimum Gasteiger partial charge on any atom is -0.465 e. The Balaban J connectivity index is 1.70. The number of methoxy groups -OCH3 is 1. The van der Waals surface area contributed by atoms with E-state index in [-0.39, 0.29) is 11.9 Å². The molecule has 1 atom stereocenters. The van der Waals surface area contributed by atoms with E-state index < -0.39 is 6.10 Å². The molecule has 0 saturated carbocycles. The highest BCUT2D eigenvalue weighted by atomic mass is 16.5. The van der Waals surface area contributed by atoms with Gasteiger partial charge in [0.25, 0.3) is 5.91 Å². The molecule has 3 aromatic carbocycles. The van der Waals surface area contributed by atoms with Crippen molar-refractivity contribution in [3.8, 4) is 11.1 Å². The molecule has 148 valence electrons. The van der Waals surface area contributed by atoms with Crippen LogP contribution in [-0.4, -0.2) is 48.2 Å². The number of β-amino-alcohol motifs (C(OH)–C–C–N with tert-alkyl or cyclic N) is 1. The summed E-state index contributed by atoms with van der Waals surface area (Å²) in [5.74, 6) is -0.424. The minimum atomic E-state index is -0.443. The van der Waals surface area contributed by atoms with E-state index in [1.807, 2.05) is 54.6 Å². The largest absolute Gasteiger partial charge is 0.465 e. The number of aliphatic hydroxyl groups excluding tert-OH is 1. The summed E-state index contributed by atoms with van der Waals surface area (Å²) in [6.45, 7) is 1.06. The fraction of sp³-hybridized carbons (Fsp3) is 0.250. The van der Waals surface area contributed by atoms with Crippen LogP contribution in [0.4, 0.5) is 0 Å². The summed E-state index contributed by atoms with van der Waals surface area (Å²) in [7, 11) is 1.37. The zero-order valence-electron chi connectivity index (χ0n) is 16.3. The van der Waals surface area contributed by atoms with E-state index in [0.29, 0.717) is 24.2 Å². The summed E-state index contributed by atoms with van der Waals surface area (Å²) in [6, 6.07) is 18.9. The van der Waals surface area contributed by atoms with Crippen molar-refractivity contribution in [1.82, 2.24) is 4.90 Å². The maximum Gasteiger partial charge on any atom is 0.337 e. The smallest absolute Gasteiger partial charge is 0.337 e. The Morgan fingerprint density at radius 3 is 2.66 bits per heavy atom. The van der Waals surface area contributed by atoms with Crippen LogP contribution >= 0.6 is 0 Å². The first kappa shape index (κ1) is 19.2. The summed E-state index contributed by atoms with van der Waals surface area (Å²) < 4.78 is 4.82. The van der Waals surface area contributed by atoms with Crippen molar-refractivity contribution in [2.75, 3.05) is 20.2 Å². The Bertz CT molecular complexity index is 1080. The van der Waals surface area contributed by atoms with E-state index in [4.69, 9.17) is 4.74 Å². The topological polar surface area (TPSA) is 66.8 Å². The molecule has 1 heterocycles. The predicted molar refractivity (Wildman–Crippen MR) is 112 cm³/mol. The Morgan fingerprint density at radius 1 is 1.03 bits per heavy atom. The Hall–Kier alpha value is -3.18. The quantitative estimate of drug-likeness (QED) is 0.690. The van der Waals surface area contributed by atoms with Crippen molar-refractivity contribution < 1.29 is 19.4 Å². The zero-order chi connectivity index (χ0) is 20.4. The second-order valence-electron chi connectivity index (χ2n) is 7.36. The Labute approximate surface area is 169 Å². The SMILES string of the molecule is COC(=O)c1cccc(-c2cccc3cc(C(=O)N4CCCC(O)C4)ccc23)c1. The number of rotatable bonds is 3. The average molecular weight is 389 g/mol. The molecule has 29 heavy (non-hydrogen) atoms. The van der Waals surface area contributed by atoms with Gasteiger partial charge in [-0.25, -0.2) is 4.79 Å². The number of piperidine rings is 1. The lowest BCUT2D eigenvalue weighted by Crippen LogP contribution is -2.42. The number of likely N-dealkylation sites (tertiary alicyclic amines) is 1. The molecule has 0 spiro atoms. The van der Waals surface area contributed by atoms with Crippen LogP contribution in [0, 0.1) is 0 Å². The van der Waals surface area contributed by atoms with Crippen LogP contribution in [0.5, 0.6) is 0 Å². The van der Waals surface area contributed by atoms with Gasteiger partial charge in [0, 0.05) is 18.7 Å². The number of ether oxygens (including phenoxy) is 1. The molecular weight excluding hydrogens is 366 g/mol. The highest BCUT2D eigenvalue weighted by Crippen LogP contribution is 2.30. The lowest BCUT2D eigenvalue weighted by molar-refractivity contribution is 0.0474. The van der Waals surface area contributed by atoms with Gasteiger partial charge in [0.2, 0.25) is 0 Å². The van der Waals surface area contributed by atoms with Gasteiger partial charge in [-0.3, -0.25) is 4.79 Å². The number of carbonyl (C=O) groups is 2. The number of hydrogen-bond donors (Lipinski definition) is 1. The molecule has 1 aliphatic heterocycles. The fourth-order valence-electron chi connectivity index (χ4n) is 3.92. The number of hydrogen-bond acceptors (Lipinski definition) is 4. The third-order valence-electron chi connectivity index (χ3n) is 5.41. The zero-order valence-corrected chi connectivity index (χ0v) is 16.3. The highest BCUT2D eigenvalue weighted by Gasteiger charge is 2.23. The minimum absolute atomic E-state index is 0.0521. The van der Waals surface area contributed by atoms with Gasteiger partial charge >= 0.3 is 5.97 Å². The summed E-state index contributed by atoms with van der Waals surface area (Å²) in [5.41, 5.74) is 3.02. The van der Waals surface area contributed by atoms with Gasteiger partial charge in [0.1, 0.15) is 0 Å². The van der Waals surface area contributed by atoms with Gasteiger partial charge in [-0.1, -0.05) is 36.4 Å². The van der Waals surface area contributed by atoms with Crippen molar-refractivity contribution in [2.24, 2.45) is 0 Å². The molecule has 1 unspecified atom stereocenters. The third kappa shape index (κ3) is 3.87. The van der Waals surface area contributed by atoms with Gasteiger partial charge in [-0.15, -0.1) is 0 Å². The van der Waals surface area contributed by atoms with Crippen molar-refractivity contribution >= 4 is 22.6 Å². The van der Waals surface area contributed by atoms with Crippen LogP contribution in [0.1, 0.15) is 33.6 Å². The molecule has 0 bridgehead atoms. The number of amides is 1. The summed E-state index contributed by atoms with van der Waals surface area (Å²) in [6.07, 6.45) is 1.12. The van der Waals surface area contributed by atoms with Gasteiger partial charge in [-0.2, -0.15) is 0 Å². The van der Waals surface area contributed by atoms with Gasteiger partial charge in [0.15, 0.2) is 0 Å². The van der Waals surface area contributed by atoms with Gasteiger partial charge < -0.3 is 14.7 Å². The second kappa shape index (κ2) is 8.05. The predicted octanol–water partition coefficient (Wildman–Crippen LogP) is 3.89.